The molecular weight excluding hydrogens is 502 g/mol. The van der Waals surface area contributed by atoms with Crippen LogP contribution in [0.4, 0.5) is 0 Å². The number of nitrogens with zero attached hydrogens (tertiary/aromatic N) is 1. The van der Waals surface area contributed by atoms with Crippen LogP contribution < -0.4 is 0 Å². The molecule has 2 aromatic carbocycles. The van der Waals surface area contributed by atoms with Crippen LogP contribution in [0.2, 0.25) is 0 Å². The highest BCUT2D eigenvalue weighted by Crippen LogP contribution is 2.56. The molecule has 2 aromatic rings. The van der Waals surface area contributed by atoms with Crippen molar-refractivity contribution >= 4 is 50.1 Å². The van der Waals surface area contributed by atoms with Crippen molar-refractivity contribution in [3.63, 3.8) is 0 Å². The average Bonchev–Trinajstić information content (AvgIpc) is 3.06. The van der Waals surface area contributed by atoms with E-state index in [1.807, 2.05) is 24.3 Å². The van der Waals surface area contributed by atoms with Crippen LogP contribution >= 0.6 is 15.9 Å². The summed E-state index contributed by atoms with van der Waals surface area (Å²) in [6.45, 7) is 0. The summed E-state index contributed by atoms with van der Waals surface area (Å²) in [7, 11) is 0. The van der Waals surface area contributed by atoms with E-state index < -0.39 is 35.5 Å². The minimum Gasteiger partial charge on any atom is -0.507 e. The fourth-order valence-corrected chi connectivity index (χ4v) is 6.50. The highest BCUT2D eigenvalue weighted by atomic mass is 79.9. The molecule has 0 radical (unpaired) electrons. The molecule has 34 heavy (non-hydrogen) atoms. The Balaban J connectivity index is 1.60. The third-order valence-corrected chi connectivity index (χ3v) is 8.14. The van der Waals surface area contributed by atoms with Gasteiger partial charge in [0.05, 0.1) is 16.3 Å². The molecule has 6 rings (SSSR count). The van der Waals surface area contributed by atoms with Crippen molar-refractivity contribution in [2.24, 2.45) is 17.8 Å². The molecule has 0 unspecified atom stereocenters. The zero-order valence-electron chi connectivity index (χ0n) is 17.7. The predicted molar refractivity (Wildman–Crippen MR) is 124 cm³/mol. The molecule has 4 atom stereocenters. The Morgan fingerprint density at radius 3 is 2.53 bits per heavy atom. The standard InChI is InChI=1S/C26H18BrNO6/c27-18-10-19(29)22-17(24(18)31)9-16-13(7-8-15-21(16)26(33)28(34)25(15)32)20(22)14-6-5-11-3-1-2-4-12(11)23(14)30/h1-7,10,15-16,20-21,30,34H,8-9H2/t15-,16+,20+,21-/m0/s1. The molecule has 0 spiro atoms. The number of carbonyl (C=O) groups is 4. The number of amides is 2. The largest absolute Gasteiger partial charge is 0.507 e. The number of imide groups is 1. The van der Waals surface area contributed by atoms with Crippen LogP contribution in [0.5, 0.6) is 5.75 Å². The molecule has 0 saturated carbocycles. The summed E-state index contributed by atoms with van der Waals surface area (Å²) in [6.07, 6.45) is 3.42. The molecule has 8 heteroatoms. The number of aromatic hydroxyl groups is 1. The Bertz CT molecular complexity index is 1450. The van der Waals surface area contributed by atoms with Crippen molar-refractivity contribution in [2.45, 2.75) is 18.8 Å². The van der Waals surface area contributed by atoms with Gasteiger partial charge in [0, 0.05) is 34.1 Å². The first-order valence-corrected chi connectivity index (χ1v) is 11.8. The number of halogens is 1. The smallest absolute Gasteiger partial charge is 0.257 e. The quantitative estimate of drug-likeness (QED) is 0.257. The van der Waals surface area contributed by atoms with Gasteiger partial charge in [-0.25, -0.2) is 0 Å². The molecule has 0 aromatic heterocycles. The molecular formula is C26H18BrNO6. The first-order chi connectivity index (χ1) is 16.3. The van der Waals surface area contributed by atoms with Crippen molar-refractivity contribution in [3.8, 4) is 5.75 Å². The van der Waals surface area contributed by atoms with Crippen LogP contribution in [0.1, 0.15) is 24.3 Å². The summed E-state index contributed by atoms with van der Waals surface area (Å²) in [6, 6.07) is 10.9. The van der Waals surface area contributed by atoms with Crippen LogP contribution in [0, 0.1) is 17.8 Å². The highest BCUT2D eigenvalue weighted by Gasteiger charge is 2.56. The lowest BCUT2D eigenvalue weighted by Crippen LogP contribution is -2.39. The Morgan fingerprint density at radius 2 is 1.74 bits per heavy atom. The van der Waals surface area contributed by atoms with E-state index in [4.69, 9.17) is 0 Å². The van der Waals surface area contributed by atoms with E-state index in [0.29, 0.717) is 10.9 Å². The summed E-state index contributed by atoms with van der Waals surface area (Å²) in [4.78, 5) is 51.7. The number of Topliss-reactive ketones (excluding diaryl/α,β-unsaturated/α-hetero) is 1. The number of phenols is 1. The van der Waals surface area contributed by atoms with E-state index in [2.05, 4.69) is 15.9 Å². The van der Waals surface area contributed by atoms with Crippen LogP contribution in [0.3, 0.4) is 0 Å². The van der Waals surface area contributed by atoms with Crippen LogP contribution in [-0.4, -0.2) is 38.8 Å². The van der Waals surface area contributed by atoms with Gasteiger partial charge in [-0.15, -0.1) is 0 Å². The van der Waals surface area contributed by atoms with Crippen LogP contribution in [-0.2, 0) is 19.2 Å². The van der Waals surface area contributed by atoms with Gasteiger partial charge in [-0.1, -0.05) is 48.0 Å². The monoisotopic (exact) mass is 519 g/mol. The minimum atomic E-state index is -0.829. The molecule has 2 amide bonds. The maximum Gasteiger partial charge on any atom is 0.257 e. The molecule has 4 aliphatic rings. The zero-order valence-corrected chi connectivity index (χ0v) is 19.3. The number of allylic oxidation sites excluding steroid dienone is 6. The Hall–Kier alpha value is -3.36. The number of benzene rings is 2. The van der Waals surface area contributed by atoms with Crippen molar-refractivity contribution in [3.05, 3.63) is 75.3 Å². The van der Waals surface area contributed by atoms with Gasteiger partial charge in [0.1, 0.15) is 5.75 Å². The molecule has 3 aliphatic carbocycles. The van der Waals surface area contributed by atoms with Crippen molar-refractivity contribution in [2.75, 3.05) is 0 Å². The number of rotatable bonds is 1. The molecule has 0 bridgehead atoms. The average molecular weight is 520 g/mol. The molecule has 1 saturated heterocycles. The van der Waals surface area contributed by atoms with Gasteiger partial charge in [0.25, 0.3) is 11.8 Å². The summed E-state index contributed by atoms with van der Waals surface area (Å²) in [5, 5.41) is 22.9. The second-order valence-electron chi connectivity index (χ2n) is 9.11. The third-order valence-electron chi connectivity index (χ3n) is 7.55. The Kier molecular flexibility index (Phi) is 4.56. The summed E-state index contributed by atoms with van der Waals surface area (Å²) >= 11 is 3.18. The number of hydrogen-bond acceptors (Lipinski definition) is 6. The molecule has 170 valence electrons. The van der Waals surface area contributed by atoms with Gasteiger partial charge in [-0.05, 0) is 40.1 Å². The molecule has 2 N–H and O–H groups in total. The van der Waals surface area contributed by atoms with Gasteiger partial charge in [-0.2, -0.15) is 5.06 Å². The van der Waals surface area contributed by atoms with Gasteiger partial charge < -0.3 is 5.11 Å². The van der Waals surface area contributed by atoms with E-state index in [9.17, 15) is 29.5 Å². The Labute approximate surface area is 202 Å². The molecule has 1 fully saturated rings. The van der Waals surface area contributed by atoms with Gasteiger partial charge in [-0.3, -0.25) is 24.4 Å². The molecule has 1 aliphatic heterocycles. The number of fused-ring (bicyclic) bond motifs is 4. The number of carbonyl (C=O) groups excluding carboxylic acids is 4. The second-order valence-corrected chi connectivity index (χ2v) is 9.96. The van der Waals surface area contributed by atoms with E-state index in [-0.39, 0.29) is 50.8 Å². The second kappa shape index (κ2) is 7.32. The maximum absolute atomic E-state index is 13.2. The third kappa shape index (κ3) is 2.72. The van der Waals surface area contributed by atoms with Crippen molar-refractivity contribution < 1.29 is 29.5 Å². The fraction of sp³-hybridized carbons (Fsp3) is 0.231. The first kappa shape index (κ1) is 21.2. The maximum atomic E-state index is 13.2. The van der Waals surface area contributed by atoms with Crippen molar-refractivity contribution in [1.82, 2.24) is 5.06 Å². The van der Waals surface area contributed by atoms with Gasteiger partial charge in [0.2, 0.25) is 0 Å². The predicted octanol–water partition coefficient (Wildman–Crippen LogP) is 3.70. The summed E-state index contributed by atoms with van der Waals surface area (Å²) in [5.41, 5.74) is 1.74. The van der Waals surface area contributed by atoms with E-state index in [1.54, 1.807) is 18.2 Å². The van der Waals surface area contributed by atoms with E-state index in [0.717, 1.165) is 11.0 Å². The van der Waals surface area contributed by atoms with Gasteiger partial charge >= 0.3 is 0 Å². The summed E-state index contributed by atoms with van der Waals surface area (Å²) < 4.78 is 0.134. The number of hydrogen-bond donors (Lipinski definition) is 2. The van der Waals surface area contributed by atoms with Crippen LogP contribution in [0.15, 0.2) is 69.8 Å². The van der Waals surface area contributed by atoms with E-state index >= 15 is 0 Å². The zero-order chi connectivity index (χ0) is 23.9. The number of phenolic OH excluding ortho intramolecular Hbond substituents is 1. The highest BCUT2D eigenvalue weighted by molar-refractivity contribution is 9.12. The minimum absolute atomic E-state index is 0.00472. The normalized spacial score (nSPS) is 28.6. The number of hydroxylamine groups is 2. The first-order valence-electron chi connectivity index (χ1n) is 11.0. The van der Waals surface area contributed by atoms with E-state index in [1.165, 1.54) is 6.08 Å². The SMILES string of the molecule is O=C1C=C(Br)C(=O)C2=C1[C@@H](c1ccc3ccccc3c1O)C1=CC[C@@H]3C(=O)N(O)C(=O)[C@@H]3[C@@H]1C2. The van der Waals surface area contributed by atoms with Crippen LogP contribution in [0.25, 0.3) is 10.8 Å². The lowest BCUT2D eigenvalue weighted by atomic mass is 9.59. The fourth-order valence-electron chi connectivity index (χ4n) is 6.05. The lowest BCUT2D eigenvalue weighted by molar-refractivity contribution is -0.173. The van der Waals surface area contributed by atoms with Crippen molar-refractivity contribution in [1.29, 1.82) is 0 Å². The summed E-state index contributed by atoms with van der Waals surface area (Å²) in [5.74, 6) is -4.87. The lowest BCUT2D eigenvalue weighted by Gasteiger charge is -2.42. The topological polar surface area (TPSA) is 112 Å². The number of ketones is 2. The van der Waals surface area contributed by atoms with Gasteiger partial charge in [0.15, 0.2) is 11.6 Å². The Morgan fingerprint density at radius 1 is 0.971 bits per heavy atom. The molecule has 7 nitrogen and oxygen atoms in total. The molecule has 1 heterocycles.